The van der Waals surface area contributed by atoms with E-state index in [1.165, 1.54) is 22.3 Å². The Morgan fingerprint density at radius 3 is 2.65 bits per heavy atom. The van der Waals surface area contributed by atoms with E-state index in [0.29, 0.717) is 0 Å². The van der Waals surface area contributed by atoms with E-state index in [1.54, 1.807) is 7.11 Å². The van der Waals surface area contributed by atoms with Crippen molar-refractivity contribution >= 4 is 0 Å². The van der Waals surface area contributed by atoms with E-state index >= 15 is 0 Å². The van der Waals surface area contributed by atoms with Crippen molar-refractivity contribution in [3.8, 4) is 5.75 Å². The predicted octanol–water partition coefficient (Wildman–Crippen LogP) is 3.64. The van der Waals surface area contributed by atoms with E-state index in [9.17, 15) is 0 Å². The van der Waals surface area contributed by atoms with Crippen LogP contribution < -0.4 is 10.1 Å². The Bertz CT molecular complexity index is 563. The summed E-state index contributed by atoms with van der Waals surface area (Å²) in [6.07, 6.45) is 1.02. The van der Waals surface area contributed by atoms with Gasteiger partial charge in [-0.05, 0) is 55.6 Å². The number of benzene rings is 2. The molecular weight excluding hydrogens is 246 g/mol. The summed E-state index contributed by atoms with van der Waals surface area (Å²) in [5.41, 5.74) is 5.36. The summed E-state index contributed by atoms with van der Waals surface area (Å²) in [6.45, 7) is 6.20. The highest BCUT2D eigenvalue weighted by Crippen LogP contribution is 2.13. The Hall–Kier alpha value is -1.80. The molecule has 2 aromatic carbocycles. The van der Waals surface area contributed by atoms with Gasteiger partial charge in [-0.3, -0.25) is 0 Å². The second-order valence-electron chi connectivity index (χ2n) is 5.21. The van der Waals surface area contributed by atoms with Gasteiger partial charge in [0.1, 0.15) is 5.75 Å². The molecule has 0 aliphatic heterocycles. The van der Waals surface area contributed by atoms with Gasteiger partial charge >= 0.3 is 0 Å². The molecule has 0 bridgehead atoms. The van der Waals surface area contributed by atoms with E-state index in [-0.39, 0.29) is 0 Å². The monoisotopic (exact) mass is 269 g/mol. The molecule has 20 heavy (non-hydrogen) atoms. The Morgan fingerprint density at radius 1 is 1.05 bits per heavy atom. The van der Waals surface area contributed by atoms with Crippen molar-refractivity contribution in [3.05, 3.63) is 64.7 Å². The minimum absolute atomic E-state index is 0.927. The molecule has 0 radical (unpaired) electrons. The molecule has 0 spiro atoms. The van der Waals surface area contributed by atoms with Crippen molar-refractivity contribution in [3.63, 3.8) is 0 Å². The fourth-order valence-corrected chi connectivity index (χ4v) is 2.33. The average molecular weight is 269 g/mol. The number of hydrogen-bond donors (Lipinski definition) is 1. The minimum Gasteiger partial charge on any atom is -0.497 e. The Morgan fingerprint density at radius 2 is 1.90 bits per heavy atom. The van der Waals surface area contributed by atoms with E-state index < -0.39 is 0 Å². The van der Waals surface area contributed by atoms with Gasteiger partial charge in [0, 0.05) is 6.54 Å². The molecule has 2 nitrogen and oxygen atoms in total. The van der Waals surface area contributed by atoms with Crippen LogP contribution >= 0.6 is 0 Å². The van der Waals surface area contributed by atoms with E-state index in [0.717, 1.165) is 25.3 Å². The molecule has 0 fully saturated rings. The zero-order valence-corrected chi connectivity index (χ0v) is 12.6. The lowest BCUT2D eigenvalue weighted by Gasteiger charge is -2.09. The SMILES string of the molecule is COc1cccc(CCNCc2ccc(C)cc2C)c1. The zero-order valence-electron chi connectivity index (χ0n) is 12.6. The van der Waals surface area contributed by atoms with Gasteiger partial charge in [-0.1, -0.05) is 35.9 Å². The molecule has 2 aromatic rings. The Kier molecular flexibility index (Phi) is 5.19. The molecule has 0 atom stereocenters. The quantitative estimate of drug-likeness (QED) is 0.808. The van der Waals surface area contributed by atoms with Crippen LogP contribution in [0.3, 0.4) is 0 Å². The summed E-state index contributed by atoms with van der Waals surface area (Å²) in [7, 11) is 1.71. The fourth-order valence-electron chi connectivity index (χ4n) is 2.33. The van der Waals surface area contributed by atoms with Crippen LogP contribution in [0, 0.1) is 13.8 Å². The zero-order chi connectivity index (χ0) is 14.4. The number of methoxy groups -OCH3 is 1. The van der Waals surface area contributed by atoms with Crippen LogP contribution in [-0.4, -0.2) is 13.7 Å². The summed E-state index contributed by atoms with van der Waals surface area (Å²) in [5.74, 6) is 0.928. The largest absolute Gasteiger partial charge is 0.497 e. The van der Waals surface area contributed by atoms with Crippen LogP contribution in [-0.2, 0) is 13.0 Å². The molecule has 0 saturated heterocycles. The molecule has 0 aliphatic carbocycles. The lowest BCUT2D eigenvalue weighted by molar-refractivity contribution is 0.414. The summed E-state index contributed by atoms with van der Waals surface area (Å²) < 4.78 is 5.24. The lowest BCUT2D eigenvalue weighted by atomic mass is 10.1. The molecule has 0 saturated carbocycles. The van der Waals surface area contributed by atoms with E-state index in [2.05, 4.69) is 49.5 Å². The van der Waals surface area contributed by atoms with Gasteiger partial charge in [0.2, 0.25) is 0 Å². The van der Waals surface area contributed by atoms with Crippen molar-refractivity contribution in [2.75, 3.05) is 13.7 Å². The average Bonchev–Trinajstić information content (AvgIpc) is 2.45. The molecule has 0 amide bonds. The second-order valence-corrected chi connectivity index (χ2v) is 5.21. The Balaban J connectivity index is 1.81. The van der Waals surface area contributed by atoms with E-state index in [1.807, 2.05) is 12.1 Å². The van der Waals surface area contributed by atoms with Crippen molar-refractivity contribution < 1.29 is 4.74 Å². The maximum Gasteiger partial charge on any atom is 0.119 e. The Labute approximate surface area is 121 Å². The first-order valence-corrected chi connectivity index (χ1v) is 7.09. The molecular formula is C18H23NO. The molecule has 106 valence electrons. The highest BCUT2D eigenvalue weighted by atomic mass is 16.5. The van der Waals surface area contributed by atoms with Crippen LogP contribution in [0.2, 0.25) is 0 Å². The minimum atomic E-state index is 0.927. The first-order chi connectivity index (χ1) is 9.69. The van der Waals surface area contributed by atoms with Gasteiger partial charge in [-0.15, -0.1) is 0 Å². The summed E-state index contributed by atoms with van der Waals surface area (Å²) in [4.78, 5) is 0. The van der Waals surface area contributed by atoms with Crippen LogP contribution in [0.15, 0.2) is 42.5 Å². The van der Waals surface area contributed by atoms with Crippen LogP contribution in [0.25, 0.3) is 0 Å². The topological polar surface area (TPSA) is 21.3 Å². The molecule has 0 heterocycles. The van der Waals surface area contributed by atoms with Crippen molar-refractivity contribution in [2.24, 2.45) is 0 Å². The van der Waals surface area contributed by atoms with Gasteiger partial charge in [0.15, 0.2) is 0 Å². The first kappa shape index (κ1) is 14.6. The predicted molar refractivity (Wildman–Crippen MR) is 84.3 cm³/mol. The maximum atomic E-state index is 5.24. The lowest BCUT2D eigenvalue weighted by Crippen LogP contribution is -2.17. The molecule has 0 aromatic heterocycles. The standard InChI is InChI=1S/C18H23NO/c1-14-7-8-17(15(2)11-14)13-19-10-9-16-5-4-6-18(12-16)20-3/h4-8,11-12,19H,9-10,13H2,1-3H3. The third-order valence-electron chi connectivity index (χ3n) is 3.54. The van der Waals surface area contributed by atoms with Gasteiger partial charge in [-0.2, -0.15) is 0 Å². The highest BCUT2D eigenvalue weighted by Gasteiger charge is 1.99. The number of aryl methyl sites for hydroxylation is 2. The fraction of sp³-hybridized carbons (Fsp3) is 0.333. The van der Waals surface area contributed by atoms with Gasteiger partial charge < -0.3 is 10.1 Å². The second kappa shape index (κ2) is 7.11. The molecule has 2 heteroatoms. The van der Waals surface area contributed by atoms with Crippen molar-refractivity contribution in [1.82, 2.24) is 5.32 Å². The number of nitrogens with one attached hydrogen (secondary N) is 1. The van der Waals surface area contributed by atoms with Crippen molar-refractivity contribution in [2.45, 2.75) is 26.8 Å². The van der Waals surface area contributed by atoms with Gasteiger partial charge in [-0.25, -0.2) is 0 Å². The number of ether oxygens (including phenoxy) is 1. The summed E-state index contributed by atoms with van der Waals surface area (Å²) in [5, 5.41) is 3.51. The molecule has 2 rings (SSSR count). The normalized spacial score (nSPS) is 10.6. The molecule has 0 aliphatic rings. The van der Waals surface area contributed by atoms with Gasteiger partial charge in [0.25, 0.3) is 0 Å². The highest BCUT2D eigenvalue weighted by molar-refractivity contribution is 5.30. The summed E-state index contributed by atoms with van der Waals surface area (Å²) >= 11 is 0. The van der Waals surface area contributed by atoms with Crippen LogP contribution in [0.5, 0.6) is 5.75 Å². The first-order valence-electron chi connectivity index (χ1n) is 7.09. The molecule has 1 N–H and O–H groups in total. The van der Waals surface area contributed by atoms with Gasteiger partial charge in [0.05, 0.1) is 7.11 Å². The maximum absolute atomic E-state index is 5.24. The van der Waals surface area contributed by atoms with Crippen LogP contribution in [0.1, 0.15) is 22.3 Å². The summed E-state index contributed by atoms with van der Waals surface area (Å²) in [6, 6.07) is 14.9. The van der Waals surface area contributed by atoms with E-state index in [4.69, 9.17) is 4.74 Å². The van der Waals surface area contributed by atoms with Crippen molar-refractivity contribution in [1.29, 1.82) is 0 Å². The van der Waals surface area contributed by atoms with Crippen LogP contribution in [0.4, 0.5) is 0 Å². The number of rotatable bonds is 6. The smallest absolute Gasteiger partial charge is 0.119 e. The third-order valence-corrected chi connectivity index (χ3v) is 3.54. The molecule has 0 unspecified atom stereocenters. The third kappa shape index (κ3) is 4.10. The number of hydrogen-bond acceptors (Lipinski definition) is 2.